The number of fused-ring (bicyclic) bond motifs is 1. The number of carbonyl (C=O) groups is 1. The average molecular weight is 221 g/mol. The number of amides is 1. The first kappa shape index (κ1) is 11.4. The standard InChI is InChI=1S/C7H5NO3S.K/c9-7-5-3-1-2-4-6(5)12(10,11)8-7;/h1-4H,(H,8,9);/q;+1/p-1. The van der Waals surface area contributed by atoms with Crippen molar-refractivity contribution in [1.82, 2.24) is 0 Å². The number of benzene rings is 1. The zero-order chi connectivity index (χ0) is 8.77. The van der Waals surface area contributed by atoms with Crippen LogP contribution >= 0.6 is 0 Å². The van der Waals surface area contributed by atoms with Gasteiger partial charge in [0, 0.05) is 5.56 Å². The van der Waals surface area contributed by atoms with Crippen LogP contribution in [0.25, 0.3) is 4.72 Å². The summed E-state index contributed by atoms with van der Waals surface area (Å²) in [5.41, 5.74) is 0.164. The van der Waals surface area contributed by atoms with Crippen LogP contribution in [0.3, 0.4) is 0 Å². The summed E-state index contributed by atoms with van der Waals surface area (Å²) in [6.07, 6.45) is 0. The van der Waals surface area contributed by atoms with Gasteiger partial charge >= 0.3 is 51.4 Å². The van der Waals surface area contributed by atoms with Crippen LogP contribution < -0.4 is 51.4 Å². The molecule has 13 heavy (non-hydrogen) atoms. The molecule has 0 saturated carbocycles. The van der Waals surface area contributed by atoms with E-state index < -0.39 is 15.9 Å². The molecule has 1 amide bonds. The van der Waals surface area contributed by atoms with E-state index in [-0.39, 0.29) is 61.8 Å². The Balaban J connectivity index is 0.000000845. The van der Waals surface area contributed by atoms with Gasteiger partial charge in [0.05, 0.1) is 10.8 Å². The number of sulfonamides is 1. The summed E-state index contributed by atoms with van der Waals surface area (Å²) in [6, 6.07) is 5.99. The number of nitrogens with zero attached hydrogens (tertiary/aromatic N) is 1. The monoisotopic (exact) mass is 221 g/mol. The van der Waals surface area contributed by atoms with Gasteiger partial charge in [-0.05, 0) is 6.07 Å². The fourth-order valence-corrected chi connectivity index (χ4v) is 2.17. The summed E-state index contributed by atoms with van der Waals surface area (Å²) in [7, 11) is -3.68. The zero-order valence-electron chi connectivity index (χ0n) is 6.89. The third-order valence-corrected chi connectivity index (χ3v) is 2.92. The van der Waals surface area contributed by atoms with E-state index in [0.29, 0.717) is 0 Å². The Morgan fingerprint density at radius 3 is 2.38 bits per heavy atom. The Morgan fingerprint density at radius 2 is 1.77 bits per heavy atom. The molecule has 6 heteroatoms. The van der Waals surface area contributed by atoms with Gasteiger partial charge in [-0.3, -0.25) is 0 Å². The molecule has 0 aromatic heterocycles. The third-order valence-electron chi connectivity index (χ3n) is 1.60. The van der Waals surface area contributed by atoms with Gasteiger partial charge in [-0.25, -0.2) is 8.42 Å². The van der Waals surface area contributed by atoms with Crippen LogP contribution in [0.4, 0.5) is 0 Å². The molecule has 1 aliphatic heterocycles. The van der Waals surface area contributed by atoms with E-state index in [1.165, 1.54) is 12.1 Å². The smallest absolute Gasteiger partial charge is 0.537 e. The van der Waals surface area contributed by atoms with Crippen molar-refractivity contribution in [2.45, 2.75) is 4.90 Å². The molecule has 1 aromatic carbocycles. The molecule has 0 unspecified atom stereocenters. The number of carbonyl (C=O) groups excluding carboxylic acids is 1. The van der Waals surface area contributed by atoms with E-state index in [1.54, 1.807) is 12.1 Å². The summed E-state index contributed by atoms with van der Waals surface area (Å²) in [4.78, 5) is 10.9. The molecule has 0 fully saturated rings. The fourth-order valence-electron chi connectivity index (χ4n) is 1.08. The first-order valence-corrected chi connectivity index (χ1v) is 4.67. The molecule has 0 bridgehead atoms. The number of hydrogen-bond donors (Lipinski definition) is 0. The summed E-state index contributed by atoms with van der Waals surface area (Å²) < 4.78 is 25.2. The first-order valence-electron chi connectivity index (χ1n) is 3.23. The van der Waals surface area contributed by atoms with Crippen molar-refractivity contribution in [3.05, 3.63) is 34.6 Å². The summed E-state index contributed by atoms with van der Waals surface area (Å²) in [6.45, 7) is 0. The van der Waals surface area contributed by atoms with Crippen molar-refractivity contribution >= 4 is 15.9 Å². The SMILES string of the molecule is O=C1[N-]S(=O)(=O)c2ccccc21.[K+]. The van der Waals surface area contributed by atoms with Gasteiger partial charge in [-0.1, -0.05) is 18.2 Å². The van der Waals surface area contributed by atoms with E-state index >= 15 is 0 Å². The molecule has 0 N–H and O–H groups in total. The van der Waals surface area contributed by atoms with Crippen LogP contribution in [0.1, 0.15) is 10.4 Å². The number of rotatable bonds is 0. The van der Waals surface area contributed by atoms with Crippen LogP contribution in [-0.4, -0.2) is 14.3 Å². The van der Waals surface area contributed by atoms with Crippen LogP contribution in [0.15, 0.2) is 29.2 Å². The quantitative estimate of drug-likeness (QED) is 0.472. The van der Waals surface area contributed by atoms with Gasteiger partial charge in [0.15, 0.2) is 0 Å². The Kier molecular flexibility index (Phi) is 3.32. The molecule has 0 radical (unpaired) electrons. The summed E-state index contributed by atoms with van der Waals surface area (Å²) in [5, 5.41) is 0. The minimum atomic E-state index is -3.68. The van der Waals surface area contributed by atoms with E-state index in [9.17, 15) is 13.2 Å². The zero-order valence-corrected chi connectivity index (χ0v) is 10.8. The van der Waals surface area contributed by atoms with Crippen LogP contribution in [0.2, 0.25) is 0 Å². The molecule has 4 nitrogen and oxygen atoms in total. The van der Waals surface area contributed by atoms with Gasteiger partial charge in [-0.15, -0.1) is 0 Å². The molecule has 1 heterocycles. The molecule has 1 aliphatic rings. The topological polar surface area (TPSA) is 65.3 Å². The maximum absolute atomic E-state index is 11.1. The summed E-state index contributed by atoms with van der Waals surface area (Å²) in [5.74, 6) is -0.675. The van der Waals surface area contributed by atoms with Gasteiger partial charge in [-0.2, -0.15) is 0 Å². The van der Waals surface area contributed by atoms with Crippen molar-refractivity contribution in [1.29, 1.82) is 0 Å². The van der Waals surface area contributed by atoms with Crippen LogP contribution in [0, 0.1) is 0 Å². The maximum atomic E-state index is 11.1. The minimum Gasteiger partial charge on any atom is -0.537 e. The fraction of sp³-hybridized carbons (Fsp3) is 0. The third kappa shape index (κ3) is 1.88. The van der Waals surface area contributed by atoms with Crippen molar-refractivity contribution in [2.24, 2.45) is 0 Å². The van der Waals surface area contributed by atoms with Crippen molar-refractivity contribution < 1.29 is 64.6 Å². The molecule has 0 spiro atoms. The molecule has 0 saturated heterocycles. The predicted octanol–water partition coefficient (Wildman–Crippen LogP) is -2.09. The second-order valence-corrected chi connectivity index (χ2v) is 3.94. The first-order chi connectivity index (χ1) is 5.61. The van der Waals surface area contributed by atoms with E-state index in [1.807, 2.05) is 0 Å². The predicted molar refractivity (Wildman–Crippen MR) is 41.3 cm³/mol. The molecular formula is C7H4KNO3S. The molecule has 2 rings (SSSR count). The number of hydrogen-bond acceptors (Lipinski definition) is 3. The van der Waals surface area contributed by atoms with Crippen LogP contribution in [0.5, 0.6) is 0 Å². The minimum absolute atomic E-state index is 0. The largest absolute Gasteiger partial charge is 1.00 e. The van der Waals surface area contributed by atoms with Crippen LogP contribution in [-0.2, 0) is 10.0 Å². The van der Waals surface area contributed by atoms with E-state index in [2.05, 4.69) is 4.72 Å². The molecule has 62 valence electrons. The van der Waals surface area contributed by atoms with Crippen molar-refractivity contribution in [3.63, 3.8) is 0 Å². The van der Waals surface area contributed by atoms with Crippen molar-refractivity contribution in [2.75, 3.05) is 0 Å². The van der Waals surface area contributed by atoms with Gasteiger partial charge in [0.2, 0.25) is 0 Å². The molecule has 0 aliphatic carbocycles. The second kappa shape index (κ2) is 3.80. The summed E-state index contributed by atoms with van der Waals surface area (Å²) >= 11 is 0. The van der Waals surface area contributed by atoms with Gasteiger partial charge < -0.3 is 9.52 Å². The molecular weight excluding hydrogens is 217 g/mol. The molecule has 1 aromatic rings. The Bertz CT molecular complexity index is 455. The average Bonchev–Trinajstić information content (AvgIpc) is 2.25. The Labute approximate surface area is 118 Å². The van der Waals surface area contributed by atoms with Crippen molar-refractivity contribution in [3.8, 4) is 0 Å². The van der Waals surface area contributed by atoms with E-state index in [0.717, 1.165) is 0 Å². The maximum Gasteiger partial charge on any atom is 1.00 e. The Hall–Kier alpha value is 0.276. The van der Waals surface area contributed by atoms with Gasteiger partial charge in [0.1, 0.15) is 10.0 Å². The normalized spacial score (nSPS) is 17.1. The van der Waals surface area contributed by atoms with Gasteiger partial charge in [0.25, 0.3) is 0 Å². The Morgan fingerprint density at radius 1 is 1.15 bits per heavy atom. The second-order valence-electron chi connectivity index (χ2n) is 2.37. The molecule has 0 atom stereocenters. The van der Waals surface area contributed by atoms with E-state index in [4.69, 9.17) is 0 Å².